The summed E-state index contributed by atoms with van der Waals surface area (Å²) in [5.74, 6) is 0. The predicted octanol–water partition coefficient (Wildman–Crippen LogP) is 3.85. The fourth-order valence-corrected chi connectivity index (χ4v) is 3.10. The Morgan fingerprint density at radius 3 is 3.11 bits per heavy atom. The van der Waals surface area contributed by atoms with Gasteiger partial charge in [-0.3, -0.25) is 4.68 Å². The Morgan fingerprint density at radius 1 is 1.44 bits per heavy atom. The molecule has 27 heavy (non-hydrogen) atoms. The maximum atomic E-state index is 12.1. The van der Waals surface area contributed by atoms with E-state index in [9.17, 15) is 4.79 Å². The van der Waals surface area contributed by atoms with Crippen LogP contribution >= 0.6 is 0 Å². The number of aryl methyl sites for hydroxylation is 1. The molecule has 1 aliphatic heterocycles. The zero-order valence-electron chi connectivity index (χ0n) is 16.0. The van der Waals surface area contributed by atoms with Gasteiger partial charge in [-0.05, 0) is 50.0 Å². The predicted molar refractivity (Wildman–Crippen MR) is 111 cm³/mol. The van der Waals surface area contributed by atoms with Gasteiger partial charge in [0.25, 0.3) is 0 Å². The summed E-state index contributed by atoms with van der Waals surface area (Å²) in [4.78, 5) is 12.1. The number of hydrogen-bond donors (Lipinski definition) is 3. The number of fused-ring (bicyclic) bond motifs is 1. The minimum Gasteiger partial charge on any atom is -0.388 e. The summed E-state index contributed by atoms with van der Waals surface area (Å²) >= 11 is 0. The molecule has 0 spiro atoms. The van der Waals surface area contributed by atoms with Crippen LogP contribution in [0.1, 0.15) is 26.2 Å². The van der Waals surface area contributed by atoms with Gasteiger partial charge in [-0.25, -0.2) is 4.79 Å². The van der Waals surface area contributed by atoms with Gasteiger partial charge in [-0.1, -0.05) is 24.3 Å². The van der Waals surface area contributed by atoms with Crippen molar-refractivity contribution in [1.29, 1.82) is 0 Å². The molecule has 0 fully saturated rings. The first kappa shape index (κ1) is 18.8. The molecule has 1 aliphatic rings. The van der Waals surface area contributed by atoms with E-state index >= 15 is 0 Å². The maximum Gasteiger partial charge on any atom is 0.319 e. The molecular formula is C21H27N5O. The highest BCUT2D eigenvalue weighted by Gasteiger charge is 2.06. The van der Waals surface area contributed by atoms with Gasteiger partial charge in [0.2, 0.25) is 0 Å². The number of carbonyl (C=O) groups is 1. The molecule has 6 nitrogen and oxygen atoms in total. The first-order valence-electron chi connectivity index (χ1n) is 9.29. The molecule has 0 bridgehead atoms. The lowest BCUT2D eigenvalue weighted by Crippen LogP contribution is -2.29. The van der Waals surface area contributed by atoms with Crippen molar-refractivity contribution in [3.63, 3.8) is 0 Å². The summed E-state index contributed by atoms with van der Waals surface area (Å²) in [5.41, 5.74) is 5.30. The fourth-order valence-electron chi connectivity index (χ4n) is 3.10. The lowest BCUT2D eigenvalue weighted by atomic mass is 10.0. The molecule has 2 aromatic rings. The Kier molecular flexibility index (Phi) is 5.96. The molecule has 3 N–H and O–H groups in total. The molecule has 1 aromatic carbocycles. The number of benzene rings is 1. The van der Waals surface area contributed by atoms with Crippen molar-refractivity contribution in [3.05, 3.63) is 60.0 Å². The number of hydrogen-bond acceptors (Lipinski definition) is 3. The number of nitrogens with zero attached hydrogens (tertiary/aromatic N) is 2. The third-order valence-corrected chi connectivity index (χ3v) is 4.75. The average Bonchev–Trinajstić information content (AvgIpc) is 3.01. The van der Waals surface area contributed by atoms with Gasteiger partial charge in [0, 0.05) is 36.9 Å². The largest absolute Gasteiger partial charge is 0.388 e. The van der Waals surface area contributed by atoms with Crippen LogP contribution in [-0.2, 0) is 7.05 Å². The first-order chi connectivity index (χ1) is 13.0. The van der Waals surface area contributed by atoms with Crippen molar-refractivity contribution >= 4 is 22.6 Å². The van der Waals surface area contributed by atoms with Crippen LogP contribution in [0.15, 0.2) is 60.0 Å². The van der Waals surface area contributed by atoms with Crippen molar-refractivity contribution < 1.29 is 4.79 Å². The van der Waals surface area contributed by atoms with Crippen molar-refractivity contribution in [3.8, 4) is 0 Å². The summed E-state index contributed by atoms with van der Waals surface area (Å²) in [5, 5.41) is 14.4. The Morgan fingerprint density at radius 2 is 2.30 bits per heavy atom. The van der Waals surface area contributed by atoms with Crippen LogP contribution < -0.4 is 16.0 Å². The van der Waals surface area contributed by atoms with Crippen LogP contribution in [0.3, 0.4) is 0 Å². The van der Waals surface area contributed by atoms with E-state index in [-0.39, 0.29) is 6.03 Å². The number of rotatable bonds is 6. The zero-order valence-corrected chi connectivity index (χ0v) is 16.0. The molecule has 6 heteroatoms. The van der Waals surface area contributed by atoms with Crippen LogP contribution in [0.25, 0.3) is 10.9 Å². The van der Waals surface area contributed by atoms with E-state index in [1.165, 1.54) is 11.3 Å². The molecule has 2 amide bonds. The van der Waals surface area contributed by atoms with E-state index in [0.717, 1.165) is 41.5 Å². The van der Waals surface area contributed by atoms with Gasteiger partial charge in [-0.2, -0.15) is 5.10 Å². The quantitative estimate of drug-likeness (QED) is 0.681. The van der Waals surface area contributed by atoms with Crippen molar-refractivity contribution in [2.24, 2.45) is 7.05 Å². The molecule has 142 valence electrons. The molecule has 2 heterocycles. The van der Waals surface area contributed by atoms with E-state index in [1.807, 2.05) is 31.3 Å². The number of aromatic nitrogens is 2. The van der Waals surface area contributed by atoms with Gasteiger partial charge < -0.3 is 16.0 Å². The van der Waals surface area contributed by atoms with Gasteiger partial charge in [0.05, 0.1) is 11.7 Å². The average molecular weight is 365 g/mol. The van der Waals surface area contributed by atoms with Gasteiger partial charge in [0.1, 0.15) is 0 Å². The second-order valence-corrected chi connectivity index (χ2v) is 6.84. The molecule has 0 unspecified atom stereocenters. The van der Waals surface area contributed by atoms with E-state index in [2.05, 4.69) is 40.6 Å². The lowest BCUT2D eigenvalue weighted by molar-refractivity contribution is 0.252. The number of allylic oxidation sites excluding steroid dienone is 4. The Bertz CT molecular complexity index is 906. The normalized spacial score (nSPS) is 14.4. The molecule has 0 saturated carbocycles. The minimum atomic E-state index is -0.219. The van der Waals surface area contributed by atoms with E-state index < -0.39 is 0 Å². The van der Waals surface area contributed by atoms with Crippen LogP contribution in [0.4, 0.5) is 10.5 Å². The van der Waals surface area contributed by atoms with Crippen molar-refractivity contribution in [2.75, 3.05) is 18.4 Å². The summed E-state index contributed by atoms with van der Waals surface area (Å²) in [7, 11) is 1.88. The highest BCUT2D eigenvalue weighted by Crippen LogP contribution is 2.18. The molecule has 1 aromatic heterocycles. The zero-order chi connectivity index (χ0) is 19.2. The number of nitrogens with one attached hydrogen (secondary N) is 3. The second kappa shape index (κ2) is 8.58. The second-order valence-electron chi connectivity index (χ2n) is 6.84. The summed E-state index contributed by atoms with van der Waals surface area (Å²) < 4.78 is 1.79. The maximum absolute atomic E-state index is 12.1. The van der Waals surface area contributed by atoms with Gasteiger partial charge in [0.15, 0.2) is 0 Å². The Labute approximate surface area is 160 Å². The van der Waals surface area contributed by atoms with Crippen LogP contribution in [-0.4, -0.2) is 28.9 Å². The van der Waals surface area contributed by atoms with Crippen molar-refractivity contribution in [2.45, 2.75) is 26.2 Å². The Balaban J connectivity index is 1.44. The van der Waals surface area contributed by atoms with Gasteiger partial charge >= 0.3 is 6.03 Å². The van der Waals surface area contributed by atoms with Crippen LogP contribution in [0.5, 0.6) is 0 Å². The summed E-state index contributed by atoms with van der Waals surface area (Å²) in [6, 6.07) is 5.52. The molecule has 0 aliphatic carbocycles. The minimum absolute atomic E-state index is 0.219. The summed E-state index contributed by atoms with van der Waals surface area (Å²) in [6.45, 7) is 7.77. The smallest absolute Gasteiger partial charge is 0.319 e. The topological polar surface area (TPSA) is 71.0 Å². The highest BCUT2D eigenvalue weighted by atomic mass is 16.2. The third kappa shape index (κ3) is 5.00. The van der Waals surface area contributed by atoms with Crippen LogP contribution in [0.2, 0.25) is 0 Å². The van der Waals surface area contributed by atoms with Gasteiger partial charge in [-0.15, -0.1) is 0 Å². The number of urea groups is 1. The first-order valence-corrected chi connectivity index (χ1v) is 9.29. The molecule has 0 radical (unpaired) electrons. The lowest BCUT2D eigenvalue weighted by Gasteiger charge is -2.17. The van der Waals surface area contributed by atoms with E-state index in [4.69, 9.17) is 0 Å². The molecule has 0 atom stereocenters. The number of anilines is 1. The van der Waals surface area contributed by atoms with E-state index in [0.29, 0.717) is 13.0 Å². The molecule has 0 saturated heterocycles. The Hall–Kier alpha value is -3.02. The van der Waals surface area contributed by atoms with E-state index in [1.54, 1.807) is 10.9 Å². The standard InChI is InChI=1S/C21H27N5O/c1-15(6-7-17-5-4-11-22-16(17)2)10-12-23-21(27)25-19-9-8-18-14-24-26(3)20(18)13-19/h6-9,13-14,22H,1,4-5,10-12H2,2-3H3,(H2,23,25,27)/b7-6-. The number of amides is 2. The molecule has 3 rings (SSSR count). The van der Waals surface area contributed by atoms with Crippen LogP contribution in [0, 0.1) is 0 Å². The third-order valence-electron chi connectivity index (χ3n) is 4.75. The number of carbonyl (C=O) groups excluding carboxylic acids is 1. The summed E-state index contributed by atoms with van der Waals surface area (Å²) in [6.07, 6.45) is 8.96. The molecular weight excluding hydrogens is 338 g/mol. The van der Waals surface area contributed by atoms with Crippen molar-refractivity contribution in [1.82, 2.24) is 20.4 Å². The fraction of sp³-hybridized carbons (Fsp3) is 0.333. The monoisotopic (exact) mass is 365 g/mol. The SMILES string of the molecule is C=C(/C=C\C1=C(C)NCCC1)CCNC(=O)Nc1ccc2cnn(C)c2c1. The highest BCUT2D eigenvalue weighted by molar-refractivity contribution is 5.92.